The van der Waals surface area contributed by atoms with Crippen LogP contribution in [0.5, 0.6) is 0 Å². The van der Waals surface area contributed by atoms with Crippen molar-refractivity contribution in [2.24, 2.45) is 7.05 Å². The minimum Gasteiger partial charge on any atom is -0.387 e. The molecule has 1 heterocycles. The van der Waals surface area contributed by atoms with Gasteiger partial charge in [0.1, 0.15) is 0 Å². The highest BCUT2D eigenvalue weighted by molar-refractivity contribution is 5.08. The van der Waals surface area contributed by atoms with Gasteiger partial charge in [0, 0.05) is 18.8 Å². The van der Waals surface area contributed by atoms with Gasteiger partial charge in [-0.25, -0.2) is 0 Å². The van der Waals surface area contributed by atoms with Gasteiger partial charge in [0.15, 0.2) is 0 Å². The normalized spacial score (nSPS) is 12.9. The number of hydrogen-bond donors (Lipinski definition) is 1. The Morgan fingerprint density at radius 3 is 2.83 bits per heavy atom. The fraction of sp³-hybridized carbons (Fsp3) is 0.444. The molecule has 0 saturated carbocycles. The van der Waals surface area contributed by atoms with E-state index in [1.807, 2.05) is 6.92 Å². The highest BCUT2D eigenvalue weighted by Crippen LogP contribution is 2.12. The predicted octanol–water partition coefficient (Wildman–Crippen LogP) is 0.829. The van der Waals surface area contributed by atoms with E-state index in [4.69, 9.17) is 0 Å². The van der Waals surface area contributed by atoms with Gasteiger partial charge in [-0.1, -0.05) is 13.0 Å². The van der Waals surface area contributed by atoms with Crippen LogP contribution in [0.15, 0.2) is 23.0 Å². The van der Waals surface area contributed by atoms with E-state index in [9.17, 15) is 9.90 Å². The number of aliphatic hydroxyl groups excluding tert-OH is 1. The molecule has 3 heteroatoms. The van der Waals surface area contributed by atoms with Gasteiger partial charge < -0.3 is 9.67 Å². The Bertz CT molecular complexity index is 317. The van der Waals surface area contributed by atoms with Crippen LogP contribution in [-0.4, -0.2) is 9.67 Å². The third kappa shape index (κ3) is 1.56. The molecule has 12 heavy (non-hydrogen) atoms. The van der Waals surface area contributed by atoms with Crippen LogP contribution in [0.3, 0.4) is 0 Å². The van der Waals surface area contributed by atoms with Gasteiger partial charge in [0.25, 0.3) is 5.56 Å². The van der Waals surface area contributed by atoms with E-state index in [-0.39, 0.29) is 5.56 Å². The Kier molecular flexibility index (Phi) is 2.65. The lowest BCUT2D eigenvalue weighted by molar-refractivity contribution is 0.164. The summed E-state index contributed by atoms with van der Waals surface area (Å²) in [4.78, 5) is 11.1. The molecule has 1 aromatic heterocycles. The summed E-state index contributed by atoms with van der Waals surface area (Å²) in [6.45, 7) is 1.88. The molecule has 1 unspecified atom stereocenters. The Morgan fingerprint density at radius 2 is 2.25 bits per heavy atom. The first-order valence-corrected chi connectivity index (χ1v) is 4.00. The molecule has 0 saturated heterocycles. The molecule has 1 aromatic rings. The summed E-state index contributed by atoms with van der Waals surface area (Å²) in [6.07, 6.45) is 0.0843. The second kappa shape index (κ2) is 3.54. The van der Waals surface area contributed by atoms with Gasteiger partial charge in [-0.2, -0.15) is 0 Å². The van der Waals surface area contributed by atoms with Gasteiger partial charge in [0.05, 0.1) is 6.10 Å². The van der Waals surface area contributed by atoms with E-state index in [0.717, 1.165) is 0 Å². The van der Waals surface area contributed by atoms with E-state index < -0.39 is 6.10 Å². The third-order valence-corrected chi connectivity index (χ3v) is 1.95. The lowest BCUT2D eigenvalue weighted by Gasteiger charge is -2.11. The predicted molar refractivity (Wildman–Crippen MR) is 46.9 cm³/mol. The topological polar surface area (TPSA) is 42.2 Å². The minimum atomic E-state index is -0.538. The van der Waals surface area contributed by atoms with Crippen molar-refractivity contribution in [2.75, 3.05) is 0 Å². The molecule has 0 amide bonds. The number of nitrogens with zero attached hydrogens (tertiary/aromatic N) is 1. The molecule has 1 rings (SSSR count). The molecule has 1 N–H and O–H groups in total. The maximum Gasteiger partial charge on any atom is 0.250 e. The van der Waals surface area contributed by atoms with E-state index in [1.54, 1.807) is 19.2 Å². The quantitative estimate of drug-likeness (QED) is 0.708. The van der Waals surface area contributed by atoms with E-state index in [2.05, 4.69) is 0 Å². The van der Waals surface area contributed by atoms with Crippen LogP contribution in [-0.2, 0) is 7.05 Å². The monoisotopic (exact) mass is 167 g/mol. The van der Waals surface area contributed by atoms with E-state index in [0.29, 0.717) is 12.1 Å². The average molecular weight is 167 g/mol. The molecular formula is C9H13NO2. The second-order valence-corrected chi connectivity index (χ2v) is 2.77. The summed E-state index contributed by atoms with van der Waals surface area (Å²) in [5.74, 6) is 0. The molecule has 0 aliphatic rings. The van der Waals surface area contributed by atoms with Crippen LogP contribution in [0, 0.1) is 0 Å². The lowest BCUT2D eigenvalue weighted by Crippen LogP contribution is -2.20. The van der Waals surface area contributed by atoms with Crippen LogP contribution in [0.1, 0.15) is 25.1 Å². The SMILES string of the molecule is CCC(O)c1cccc(=O)n1C. The summed E-state index contributed by atoms with van der Waals surface area (Å²) in [5.41, 5.74) is 0.588. The average Bonchev–Trinajstić information content (AvgIpc) is 2.08. The molecular weight excluding hydrogens is 154 g/mol. The fourth-order valence-electron chi connectivity index (χ4n) is 1.12. The summed E-state index contributed by atoms with van der Waals surface area (Å²) in [5, 5.41) is 9.47. The van der Waals surface area contributed by atoms with Crippen LogP contribution in [0.4, 0.5) is 0 Å². The van der Waals surface area contributed by atoms with Crippen molar-refractivity contribution < 1.29 is 5.11 Å². The molecule has 0 spiro atoms. The number of rotatable bonds is 2. The van der Waals surface area contributed by atoms with Gasteiger partial charge in [-0.3, -0.25) is 4.79 Å². The molecule has 0 bridgehead atoms. The molecule has 3 nitrogen and oxygen atoms in total. The summed E-state index contributed by atoms with van der Waals surface area (Å²) in [6, 6.07) is 4.90. The van der Waals surface area contributed by atoms with Gasteiger partial charge in [0.2, 0.25) is 0 Å². The second-order valence-electron chi connectivity index (χ2n) is 2.77. The maximum absolute atomic E-state index is 11.1. The van der Waals surface area contributed by atoms with Crippen LogP contribution >= 0.6 is 0 Å². The third-order valence-electron chi connectivity index (χ3n) is 1.95. The van der Waals surface area contributed by atoms with Crippen molar-refractivity contribution in [1.29, 1.82) is 0 Å². The first-order chi connectivity index (χ1) is 5.66. The molecule has 0 aliphatic carbocycles. The number of pyridine rings is 1. The molecule has 0 aromatic carbocycles. The van der Waals surface area contributed by atoms with E-state index >= 15 is 0 Å². The first-order valence-electron chi connectivity index (χ1n) is 4.00. The Labute approximate surface area is 71.3 Å². The zero-order chi connectivity index (χ0) is 9.14. The van der Waals surface area contributed by atoms with Gasteiger partial charge in [-0.15, -0.1) is 0 Å². The first kappa shape index (κ1) is 9.00. The fourth-order valence-corrected chi connectivity index (χ4v) is 1.12. The van der Waals surface area contributed by atoms with Crippen molar-refractivity contribution in [3.63, 3.8) is 0 Å². The van der Waals surface area contributed by atoms with Crippen molar-refractivity contribution in [3.8, 4) is 0 Å². The summed E-state index contributed by atoms with van der Waals surface area (Å²) >= 11 is 0. The highest BCUT2D eigenvalue weighted by Gasteiger charge is 2.07. The van der Waals surface area contributed by atoms with Crippen molar-refractivity contribution in [1.82, 2.24) is 4.57 Å². The number of aromatic nitrogens is 1. The Morgan fingerprint density at radius 1 is 1.58 bits per heavy atom. The summed E-state index contributed by atoms with van der Waals surface area (Å²) < 4.78 is 1.47. The molecule has 0 aliphatic heterocycles. The molecule has 1 atom stereocenters. The molecule has 66 valence electrons. The maximum atomic E-state index is 11.1. The Balaban J connectivity index is 3.16. The summed E-state index contributed by atoms with van der Waals surface area (Å²) in [7, 11) is 1.66. The van der Waals surface area contributed by atoms with Crippen molar-refractivity contribution in [3.05, 3.63) is 34.2 Å². The van der Waals surface area contributed by atoms with Crippen LogP contribution in [0.25, 0.3) is 0 Å². The smallest absolute Gasteiger partial charge is 0.250 e. The Hall–Kier alpha value is -1.09. The number of aliphatic hydroxyl groups is 1. The minimum absolute atomic E-state index is 0.0833. The van der Waals surface area contributed by atoms with E-state index in [1.165, 1.54) is 10.6 Å². The largest absolute Gasteiger partial charge is 0.387 e. The zero-order valence-corrected chi connectivity index (χ0v) is 7.32. The highest BCUT2D eigenvalue weighted by atomic mass is 16.3. The van der Waals surface area contributed by atoms with Crippen molar-refractivity contribution in [2.45, 2.75) is 19.4 Å². The lowest BCUT2D eigenvalue weighted by atomic mass is 10.2. The van der Waals surface area contributed by atoms with Crippen molar-refractivity contribution >= 4 is 0 Å². The van der Waals surface area contributed by atoms with Crippen LogP contribution < -0.4 is 5.56 Å². The van der Waals surface area contributed by atoms with Crippen LogP contribution in [0.2, 0.25) is 0 Å². The zero-order valence-electron chi connectivity index (χ0n) is 7.32. The number of hydrogen-bond acceptors (Lipinski definition) is 2. The van der Waals surface area contributed by atoms with Gasteiger partial charge >= 0.3 is 0 Å². The molecule has 0 radical (unpaired) electrons. The van der Waals surface area contributed by atoms with Gasteiger partial charge in [-0.05, 0) is 12.5 Å². The standard InChI is InChI=1S/C9H13NO2/c1-3-8(11)7-5-4-6-9(12)10(7)2/h4-6,8,11H,3H2,1-2H3. The molecule has 0 fully saturated rings.